The van der Waals surface area contributed by atoms with Crippen LogP contribution in [0.5, 0.6) is 0 Å². The third-order valence-corrected chi connectivity index (χ3v) is 2.96. The molecule has 0 fully saturated rings. The summed E-state index contributed by atoms with van der Waals surface area (Å²) in [5, 5.41) is 0.967. The van der Waals surface area contributed by atoms with E-state index in [4.69, 9.17) is 10.2 Å². The molecule has 0 aliphatic heterocycles. The number of nitrogens with two attached hydrogens (primary N) is 1. The number of halogens is 1. The van der Waals surface area contributed by atoms with Crippen LogP contribution in [-0.4, -0.2) is 0 Å². The average Bonchev–Trinajstić information content (AvgIpc) is 2.81. The normalized spacial score (nSPS) is 11.0. The third-order valence-electron chi connectivity index (χ3n) is 2.96. The Morgan fingerprint density at radius 1 is 1.06 bits per heavy atom. The molecule has 3 aromatic rings. The van der Waals surface area contributed by atoms with Crippen molar-refractivity contribution in [2.45, 2.75) is 6.54 Å². The summed E-state index contributed by atoms with van der Waals surface area (Å²) < 4.78 is 19.6. The van der Waals surface area contributed by atoms with Crippen LogP contribution >= 0.6 is 0 Å². The molecule has 0 aliphatic rings. The fourth-order valence-electron chi connectivity index (χ4n) is 2.00. The summed E-state index contributed by atoms with van der Waals surface area (Å²) >= 11 is 0. The van der Waals surface area contributed by atoms with Gasteiger partial charge in [-0.15, -0.1) is 0 Å². The highest BCUT2D eigenvalue weighted by molar-refractivity contribution is 5.82. The molecule has 0 saturated carbocycles. The molecule has 1 aromatic heterocycles. The van der Waals surface area contributed by atoms with Crippen LogP contribution in [0.2, 0.25) is 0 Å². The first kappa shape index (κ1) is 11.0. The zero-order valence-electron chi connectivity index (χ0n) is 9.69. The van der Waals surface area contributed by atoms with Crippen LogP contribution in [0, 0.1) is 5.82 Å². The number of para-hydroxylation sites is 1. The van der Waals surface area contributed by atoms with Gasteiger partial charge in [0.05, 0.1) is 5.56 Å². The molecule has 0 spiro atoms. The Labute approximate surface area is 104 Å². The van der Waals surface area contributed by atoms with Gasteiger partial charge < -0.3 is 10.2 Å². The molecule has 3 rings (SSSR count). The van der Waals surface area contributed by atoms with Crippen LogP contribution in [0.25, 0.3) is 22.3 Å². The van der Waals surface area contributed by atoms with E-state index in [0.29, 0.717) is 17.9 Å². The average molecular weight is 241 g/mol. The van der Waals surface area contributed by atoms with Crippen LogP contribution in [-0.2, 0) is 6.54 Å². The highest BCUT2D eigenvalue weighted by Crippen LogP contribution is 2.29. The second-order valence-corrected chi connectivity index (χ2v) is 4.17. The molecule has 18 heavy (non-hydrogen) atoms. The Balaban J connectivity index is 2.14. The lowest BCUT2D eigenvalue weighted by molar-refractivity contribution is 0.600. The first-order valence-electron chi connectivity index (χ1n) is 5.75. The first-order chi connectivity index (χ1) is 8.78. The zero-order valence-corrected chi connectivity index (χ0v) is 9.69. The van der Waals surface area contributed by atoms with Crippen molar-refractivity contribution >= 4 is 11.0 Å². The summed E-state index contributed by atoms with van der Waals surface area (Å²) in [7, 11) is 0. The van der Waals surface area contributed by atoms with Gasteiger partial charge in [0.2, 0.25) is 0 Å². The van der Waals surface area contributed by atoms with Crippen LogP contribution in [0.4, 0.5) is 4.39 Å². The van der Waals surface area contributed by atoms with E-state index in [0.717, 1.165) is 16.5 Å². The quantitative estimate of drug-likeness (QED) is 0.743. The molecule has 0 amide bonds. The van der Waals surface area contributed by atoms with Crippen LogP contribution in [0.3, 0.4) is 0 Å². The summed E-state index contributed by atoms with van der Waals surface area (Å²) in [5.41, 5.74) is 7.47. The van der Waals surface area contributed by atoms with E-state index in [1.165, 1.54) is 6.07 Å². The summed E-state index contributed by atoms with van der Waals surface area (Å²) in [5.74, 6) is 0.231. The summed E-state index contributed by atoms with van der Waals surface area (Å²) in [6.07, 6.45) is 0. The van der Waals surface area contributed by atoms with Crippen molar-refractivity contribution in [2.75, 3.05) is 0 Å². The van der Waals surface area contributed by atoms with Crippen LogP contribution in [0.1, 0.15) is 5.56 Å². The van der Waals surface area contributed by atoms with Crippen molar-refractivity contribution in [3.05, 3.63) is 59.9 Å². The highest BCUT2D eigenvalue weighted by Gasteiger charge is 2.10. The molecule has 0 unspecified atom stereocenters. The minimum absolute atomic E-state index is 0.308. The molecular weight excluding hydrogens is 229 g/mol. The van der Waals surface area contributed by atoms with Crippen molar-refractivity contribution < 1.29 is 8.81 Å². The second-order valence-electron chi connectivity index (χ2n) is 4.17. The van der Waals surface area contributed by atoms with E-state index in [9.17, 15) is 4.39 Å². The molecular formula is C15H12FNO. The number of furan rings is 1. The molecule has 0 atom stereocenters. The minimum atomic E-state index is -0.308. The molecule has 0 radical (unpaired) electrons. The molecule has 0 saturated heterocycles. The van der Waals surface area contributed by atoms with Crippen molar-refractivity contribution in [1.82, 2.24) is 0 Å². The summed E-state index contributed by atoms with van der Waals surface area (Å²) in [4.78, 5) is 0. The van der Waals surface area contributed by atoms with E-state index in [1.807, 2.05) is 36.4 Å². The Morgan fingerprint density at radius 2 is 1.89 bits per heavy atom. The lowest BCUT2D eigenvalue weighted by Crippen LogP contribution is -1.97. The topological polar surface area (TPSA) is 39.2 Å². The first-order valence-corrected chi connectivity index (χ1v) is 5.75. The van der Waals surface area contributed by atoms with Gasteiger partial charge in [0.1, 0.15) is 17.2 Å². The molecule has 0 bridgehead atoms. The van der Waals surface area contributed by atoms with E-state index in [-0.39, 0.29) is 5.82 Å². The molecule has 2 aromatic carbocycles. The highest BCUT2D eigenvalue weighted by atomic mass is 19.1. The number of benzene rings is 2. The van der Waals surface area contributed by atoms with Gasteiger partial charge in [0.25, 0.3) is 0 Å². The molecule has 1 heterocycles. The molecule has 2 nitrogen and oxygen atoms in total. The third kappa shape index (κ3) is 1.79. The predicted molar refractivity (Wildman–Crippen MR) is 69.5 cm³/mol. The number of hydrogen-bond donors (Lipinski definition) is 1. The summed E-state index contributed by atoms with van der Waals surface area (Å²) in [6.45, 7) is 0.331. The fraction of sp³-hybridized carbons (Fsp3) is 0.0667. The van der Waals surface area contributed by atoms with Gasteiger partial charge in [-0.05, 0) is 29.8 Å². The van der Waals surface area contributed by atoms with Gasteiger partial charge in [-0.1, -0.05) is 24.3 Å². The Kier molecular flexibility index (Phi) is 2.61. The van der Waals surface area contributed by atoms with Gasteiger partial charge in [-0.25, -0.2) is 4.39 Å². The van der Waals surface area contributed by atoms with Gasteiger partial charge in [0.15, 0.2) is 0 Å². The van der Waals surface area contributed by atoms with E-state index >= 15 is 0 Å². The van der Waals surface area contributed by atoms with Gasteiger partial charge >= 0.3 is 0 Å². The maximum atomic E-state index is 13.9. The van der Waals surface area contributed by atoms with Gasteiger partial charge in [-0.2, -0.15) is 0 Å². The number of rotatable bonds is 2. The molecule has 3 heteroatoms. The van der Waals surface area contributed by atoms with E-state index in [1.54, 1.807) is 6.07 Å². The van der Waals surface area contributed by atoms with Gasteiger partial charge in [0, 0.05) is 11.9 Å². The minimum Gasteiger partial charge on any atom is -0.456 e. The Hall–Kier alpha value is -2.13. The van der Waals surface area contributed by atoms with E-state index in [2.05, 4.69) is 0 Å². The van der Waals surface area contributed by atoms with E-state index < -0.39 is 0 Å². The Bertz CT molecular complexity index is 670. The van der Waals surface area contributed by atoms with Crippen molar-refractivity contribution in [1.29, 1.82) is 0 Å². The maximum absolute atomic E-state index is 13.9. The van der Waals surface area contributed by atoms with Crippen LogP contribution < -0.4 is 5.73 Å². The summed E-state index contributed by atoms with van der Waals surface area (Å²) in [6, 6.07) is 14.4. The lowest BCUT2D eigenvalue weighted by atomic mass is 10.1. The van der Waals surface area contributed by atoms with Crippen molar-refractivity contribution in [3.8, 4) is 11.3 Å². The number of hydrogen-bond acceptors (Lipinski definition) is 2. The lowest BCUT2D eigenvalue weighted by Gasteiger charge is -2.01. The number of fused-ring (bicyclic) bond motifs is 1. The fourth-order valence-corrected chi connectivity index (χ4v) is 2.00. The molecule has 90 valence electrons. The largest absolute Gasteiger partial charge is 0.456 e. The Morgan fingerprint density at radius 3 is 2.61 bits per heavy atom. The van der Waals surface area contributed by atoms with Crippen molar-refractivity contribution in [3.63, 3.8) is 0 Å². The maximum Gasteiger partial charge on any atom is 0.138 e. The second kappa shape index (κ2) is 4.27. The van der Waals surface area contributed by atoms with Crippen molar-refractivity contribution in [2.24, 2.45) is 5.73 Å². The standard InChI is InChI=1S/C15H12FNO/c16-13-7-10(9-17)5-6-12(13)15-8-11-3-1-2-4-14(11)18-15/h1-8H,9,17H2. The molecule has 0 aliphatic carbocycles. The monoisotopic (exact) mass is 241 g/mol. The SMILES string of the molecule is NCc1ccc(-c2cc3ccccc3o2)c(F)c1. The smallest absolute Gasteiger partial charge is 0.138 e. The predicted octanol–water partition coefficient (Wildman–Crippen LogP) is 3.70. The molecule has 2 N–H and O–H groups in total. The van der Waals surface area contributed by atoms with Gasteiger partial charge in [-0.3, -0.25) is 0 Å². The van der Waals surface area contributed by atoms with Crippen LogP contribution in [0.15, 0.2) is 52.9 Å². The zero-order chi connectivity index (χ0) is 12.5.